The molecule has 2 aliphatic rings. The van der Waals surface area contributed by atoms with E-state index in [1.807, 2.05) is 12.3 Å². The van der Waals surface area contributed by atoms with E-state index in [-0.39, 0.29) is 0 Å². The molecule has 0 atom stereocenters. The number of H-pyrrole nitrogens is 1. The predicted molar refractivity (Wildman–Crippen MR) is 99.3 cm³/mol. The first kappa shape index (κ1) is 14.9. The largest absolute Gasteiger partial charge is 0.367 e. The van der Waals surface area contributed by atoms with Crippen LogP contribution in [0.1, 0.15) is 24.8 Å². The van der Waals surface area contributed by atoms with Crippen molar-refractivity contribution in [3.8, 4) is 0 Å². The van der Waals surface area contributed by atoms with Gasteiger partial charge in [-0.3, -0.25) is 4.90 Å². The molecule has 5 rings (SSSR count). The SMILES string of the molecule is c1cc(NC2CC3(CCN(Cc4ccc5cc[nH]c5c4)C3)C2)ncn1. The molecule has 0 unspecified atom stereocenters. The molecule has 128 valence electrons. The van der Waals surface area contributed by atoms with Crippen LogP contribution in [0.5, 0.6) is 0 Å². The number of fused-ring (bicyclic) bond motifs is 1. The maximum absolute atomic E-state index is 4.27. The molecule has 0 bridgehead atoms. The first-order valence-corrected chi connectivity index (χ1v) is 9.09. The Balaban J connectivity index is 1.18. The summed E-state index contributed by atoms with van der Waals surface area (Å²) >= 11 is 0. The van der Waals surface area contributed by atoms with Crippen LogP contribution in [-0.2, 0) is 6.54 Å². The lowest BCUT2D eigenvalue weighted by molar-refractivity contribution is 0.120. The molecule has 1 spiro atoms. The summed E-state index contributed by atoms with van der Waals surface area (Å²) < 4.78 is 0. The number of rotatable bonds is 4. The van der Waals surface area contributed by atoms with Gasteiger partial charge in [0.05, 0.1) is 0 Å². The Morgan fingerprint density at radius 1 is 1.24 bits per heavy atom. The molecular formula is C20H23N5. The zero-order valence-electron chi connectivity index (χ0n) is 14.3. The van der Waals surface area contributed by atoms with Crippen molar-refractivity contribution in [2.45, 2.75) is 31.8 Å². The normalized spacial score (nSPS) is 26.2. The third-order valence-electron chi connectivity index (χ3n) is 5.84. The van der Waals surface area contributed by atoms with Crippen molar-refractivity contribution < 1.29 is 0 Å². The van der Waals surface area contributed by atoms with E-state index in [0.29, 0.717) is 11.5 Å². The fourth-order valence-corrected chi connectivity index (χ4v) is 4.62. The van der Waals surface area contributed by atoms with E-state index in [1.165, 1.54) is 48.8 Å². The third kappa shape index (κ3) is 2.89. The van der Waals surface area contributed by atoms with E-state index in [0.717, 1.165) is 12.4 Å². The molecule has 5 nitrogen and oxygen atoms in total. The minimum atomic E-state index is 0.515. The standard InChI is InChI=1S/C20H23N5/c1-2-16-3-7-22-18(16)9-15(1)12-25-8-5-20(13-25)10-17(11-20)24-19-4-6-21-14-23-19/h1-4,6-7,9,14,17,22H,5,8,10-13H2,(H,21,23,24). The van der Waals surface area contributed by atoms with Gasteiger partial charge in [-0.2, -0.15) is 0 Å². The van der Waals surface area contributed by atoms with Crippen molar-refractivity contribution in [3.05, 3.63) is 54.6 Å². The molecule has 1 aliphatic carbocycles. The summed E-state index contributed by atoms with van der Waals surface area (Å²) in [5.41, 5.74) is 3.16. The van der Waals surface area contributed by atoms with Crippen LogP contribution in [0.25, 0.3) is 10.9 Å². The lowest BCUT2D eigenvalue weighted by Crippen LogP contribution is -2.46. The molecular weight excluding hydrogens is 310 g/mol. The van der Waals surface area contributed by atoms with Crippen molar-refractivity contribution in [2.24, 2.45) is 5.41 Å². The average molecular weight is 333 g/mol. The van der Waals surface area contributed by atoms with Crippen LogP contribution in [0.2, 0.25) is 0 Å². The van der Waals surface area contributed by atoms with Crippen LogP contribution in [0.3, 0.4) is 0 Å². The first-order valence-electron chi connectivity index (χ1n) is 9.09. The van der Waals surface area contributed by atoms with Crippen molar-refractivity contribution in [2.75, 3.05) is 18.4 Å². The van der Waals surface area contributed by atoms with Crippen molar-refractivity contribution in [1.29, 1.82) is 0 Å². The van der Waals surface area contributed by atoms with Crippen molar-refractivity contribution in [3.63, 3.8) is 0 Å². The second-order valence-corrected chi connectivity index (χ2v) is 7.70. The summed E-state index contributed by atoms with van der Waals surface area (Å²) in [5.74, 6) is 0.948. The Morgan fingerprint density at radius 2 is 2.20 bits per heavy atom. The summed E-state index contributed by atoms with van der Waals surface area (Å²) in [6.45, 7) is 3.49. The Labute approximate surface area is 147 Å². The monoisotopic (exact) mass is 333 g/mol. The predicted octanol–water partition coefficient (Wildman–Crippen LogP) is 3.42. The highest BCUT2D eigenvalue weighted by atomic mass is 15.2. The van der Waals surface area contributed by atoms with Gasteiger partial charge in [0.1, 0.15) is 12.1 Å². The van der Waals surface area contributed by atoms with Crippen LogP contribution in [0.4, 0.5) is 5.82 Å². The molecule has 1 saturated carbocycles. The summed E-state index contributed by atoms with van der Waals surface area (Å²) in [7, 11) is 0. The van der Waals surface area contributed by atoms with Gasteiger partial charge in [0, 0.05) is 37.0 Å². The smallest absolute Gasteiger partial charge is 0.129 e. The van der Waals surface area contributed by atoms with Gasteiger partial charge in [-0.1, -0.05) is 12.1 Å². The fourth-order valence-electron chi connectivity index (χ4n) is 4.62. The number of nitrogens with zero attached hydrogens (tertiary/aromatic N) is 3. The second kappa shape index (κ2) is 5.85. The molecule has 3 heterocycles. The molecule has 2 N–H and O–H groups in total. The lowest BCUT2D eigenvalue weighted by atomic mass is 9.65. The van der Waals surface area contributed by atoms with E-state index < -0.39 is 0 Å². The second-order valence-electron chi connectivity index (χ2n) is 7.70. The summed E-state index contributed by atoms with van der Waals surface area (Å²) in [6, 6.07) is 11.4. The lowest BCUT2D eigenvalue weighted by Gasteiger charge is -2.45. The highest BCUT2D eigenvalue weighted by molar-refractivity contribution is 5.79. The van der Waals surface area contributed by atoms with E-state index in [4.69, 9.17) is 0 Å². The summed E-state index contributed by atoms with van der Waals surface area (Å²) in [5, 5.41) is 4.83. The molecule has 2 aromatic heterocycles. The van der Waals surface area contributed by atoms with E-state index >= 15 is 0 Å². The van der Waals surface area contributed by atoms with E-state index in [2.05, 4.69) is 49.4 Å². The molecule has 5 heteroatoms. The van der Waals surface area contributed by atoms with E-state index in [1.54, 1.807) is 12.5 Å². The highest BCUT2D eigenvalue weighted by Gasteiger charge is 2.48. The maximum atomic E-state index is 4.27. The zero-order valence-corrected chi connectivity index (χ0v) is 14.3. The minimum Gasteiger partial charge on any atom is -0.367 e. The average Bonchev–Trinajstić information content (AvgIpc) is 3.22. The van der Waals surface area contributed by atoms with Crippen LogP contribution in [0.15, 0.2) is 49.1 Å². The first-order chi connectivity index (χ1) is 12.3. The van der Waals surface area contributed by atoms with Gasteiger partial charge in [-0.15, -0.1) is 0 Å². The third-order valence-corrected chi connectivity index (χ3v) is 5.84. The van der Waals surface area contributed by atoms with Crippen molar-refractivity contribution in [1.82, 2.24) is 19.9 Å². The van der Waals surface area contributed by atoms with Gasteiger partial charge in [-0.25, -0.2) is 9.97 Å². The Hall–Kier alpha value is -2.40. The number of aromatic nitrogens is 3. The fraction of sp³-hybridized carbons (Fsp3) is 0.400. The molecule has 3 aromatic rings. The minimum absolute atomic E-state index is 0.515. The number of anilines is 1. The van der Waals surface area contributed by atoms with Gasteiger partial charge < -0.3 is 10.3 Å². The van der Waals surface area contributed by atoms with Gasteiger partial charge in [0.15, 0.2) is 0 Å². The molecule has 0 radical (unpaired) electrons. The van der Waals surface area contributed by atoms with Gasteiger partial charge in [-0.05, 0) is 60.4 Å². The Morgan fingerprint density at radius 3 is 3.08 bits per heavy atom. The summed E-state index contributed by atoms with van der Waals surface area (Å²) in [4.78, 5) is 14.2. The van der Waals surface area contributed by atoms with Gasteiger partial charge in [0.25, 0.3) is 0 Å². The molecule has 0 amide bonds. The van der Waals surface area contributed by atoms with Crippen LogP contribution >= 0.6 is 0 Å². The molecule has 1 aliphatic heterocycles. The number of nitrogens with one attached hydrogen (secondary N) is 2. The quantitative estimate of drug-likeness (QED) is 0.768. The molecule has 25 heavy (non-hydrogen) atoms. The number of benzene rings is 1. The zero-order chi connectivity index (χ0) is 16.7. The number of hydrogen-bond acceptors (Lipinski definition) is 4. The van der Waals surface area contributed by atoms with E-state index in [9.17, 15) is 0 Å². The Kier molecular flexibility index (Phi) is 3.48. The van der Waals surface area contributed by atoms with Crippen LogP contribution in [-0.4, -0.2) is 39.0 Å². The maximum Gasteiger partial charge on any atom is 0.129 e. The molecule has 1 aromatic carbocycles. The Bertz CT molecular complexity index is 866. The number of likely N-dealkylation sites (tertiary alicyclic amines) is 1. The van der Waals surface area contributed by atoms with Gasteiger partial charge >= 0.3 is 0 Å². The number of hydrogen-bond donors (Lipinski definition) is 2. The van der Waals surface area contributed by atoms with Crippen molar-refractivity contribution >= 4 is 16.7 Å². The number of aromatic amines is 1. The van der Waals surface area contributed by atoms with Crippen LogP contribution in [0, 0.1) is 5.41 Å². The summed E-state index contributed by atoms with van der Waals surface area (Å²) in [6.07, 6.45) is 9.24. The van der Waals surface area contributed by atoms with Crippen LogP contribution < -0.4 is 5.32 Å². The highest BCUT2D eigenvalue weighted by Crippen LogP contribution is 2.49. The van der Waals surface area contributed by atoms with Gasteiger partial charge in [0.2, 0.25) is 0 Å². The molecule has 2 fully saturated rings. The topological polar surface area (TPSA) is 56.8 Å². The molecule has 1 saturated heterocycles.